The van der Waals surface area contributed by atoms with Crippen LogP contribution in [0.4, 0.5) is 5.69 Å². The van der Waals surface area contributed by atoms with E-state index in [1.807, 2.05) is 43.5 Å². The van der Waals surface area contributed by atoms with Gasteiger partial charge in [0.15, 0.2) is 0 Å². The molecule has 5 nitrogen and oxygen atoms in total. The van der Waals surface area contributed by atoms with Gasteiger partial charge in [0, 0.05) is 24.6 Å². The van der Waals surface area contributed by atoms with Crippen molar-refractivity contribution >= 4 is 24.0 Å². The molecule has 0 radical (unpaired) electrons. The van der Waals surface area contributed by atoms with Gasteiger partial charge in [-0.05, 0) is 50.2 Å². The minimum absolute atomic E-state index is 0. The molecule has 1 saturated heterocycles. The summed E-state index contributed by atoms with van der Waals surface area (Å²) in [6.45, 7) is 3.65. The van der Waals surface area contributed by atoms with Gasteiger partial charge in [-0.2, -0.15) is 5.10 Å². The Labute approximate surface area is 130 Å². The normalized spacial score (nSPS) is 20.8. The highest BCUT2D eigenvalue weighted by atomic mass is 35.5. The topological polar surface area (TPSA) is 59.0 Å². The molecule has 1 fully saturated rings. The molecule has 112 valence electrons. The lowest BCUT2D eigenvalue weighted by Gasteiger charge is -2.21. The zero-order chi connectivity index (χ0) is 14.0. The van der Waals surface area contributed by atoms with Crippen molar-refractivity contribution in [3.8, 4) is 5.69 Å². The van der Waals surface area contributed by atoms with Crippen LogP contribution in [0, 0.1) is 5.41 Å². The third-order valence-corrected chi connectivity index (χ3v) is 3.81. The first-order chi connectivity index (χ1) is 9.67. The molecule has 2 aromatic rings. The predicted octanol–water partition coefficient (Wildman–Crippen LogP) is 2.23. The molecule has 0 aliphatic carbocycles. The molecule has 21 heavy (non-hydrogen) atoms. The SMILES string of the molecule is CC1(C(=O)Nc2ccc(-n3cccn3)cc2)CCNC1.Cl. The highest BCUT2D eigenvalue weighted by Crippen LogP contribution is 2.26. The summed E-state index contributed by atoms with van der Waals surface area (Å²) in [5.74, 6) is 0.0781. The van der Waals surface area contributed by atoms with Gasteiger partial charge in [-0.25, -0.2) is 4.68 Å². The first-order valence-corrected chi connectivity index (χ1v) is 6.80. The Bertz CT molecular complexity index is 589. The molecule has 1 atom stereocenters. The van der Waals surface area contributed by atoms with Crippen LogP contribution in [0.3, 0.4) is 0 Å². The third-order valence-electron chi connectivity index (χ3n) is 3.81. The van der Waals surface area contributed by atoms with E-state index in [4.69, 9.17) is 0 Å². The van der Waals surface area contributed by atoms with Gasteiger partial charge < -0.3 is 10.6 Å². The molecule has 2 heterocycles. The number of nitrogens with one attached hydrogen (secondary N) is 2. The second kappa shape index (κ2) is 6.28. The van der Waals surface area contributed by atoms with Crippen LogP contribution in [-0.2, 0) is 4.79 Å². The standard InChI is InChI=1S/C15H18N4O.ClH/c1-15(7-9-16-11-15)14(20)18-12-3-5-13(6-4-12)19-10-2-8-17-19;/h2-6,8,10,16H,7,9,11H2,1H3,(H,18,20);1H. The van der Waals surface area contributed by atoms with Crippen molar-refractivity contribution in [1.82, 2.24) is 15.1 Å². The zero-order valence-corrected chi connectivity index (χ0v) is 12.7. The van der Waals surface area contributed by atoms with Crippen molar-refractivity contribution < 1.29 is 4.79 Å². The zero-order valence-electron chi connectivity index (χ0n) is 11.9. The van der Waals surface area contributed by atoms with Gasteiger partial charge in [0.25, 0.3) is 0 Å². The van der Waals surface area contributed by atoms with Crippen LogP contribution in [0.5, 0.6) is 0 Å². The Hall–Kier alpha value is -1.85. The van der Waals surface area contributed by atoms with Crippen LogP contribution >= 0.6 is 12.4 Å². The summed E-state index contributed by atoms with van der Waals surface area (Å²) >= 11 is 0. The lowest BCUT2D eigenvalue weighted by atomic mass is 9.89. The Kier molecular flexibility index (Phi) is 4.65. The number of aromatic nitrogens is 2. The van der Waals surface area contributed by atoms with E-state index in [0.717, 1.165) is 30.9 Å². The first-order valence-electron chi connectivity index (χ1n) is 6.80. The van der Waals surface area contributed by atoms with E-state index < -0.39 is 0 Å². The average molecular weight is 307 g/mol. The van der Waals surface area contributed by atoms with Gasteiger partial charge in [-0.15, -0.1) is 12.4 Å². The number of carbonyl (C=O) groups excluding carboxylic acids is 1. The van der Waals surface area contributed by atoms with Gasteiger partial charge in [0.05, 0.1) is 11.1 Å². The van der Waals surface area contributed by atoms with Crippen LogP contribution < -0.4 is 10.6 Å². The van der Waals surface area contributed by atoms with Crippen LogP contribution in [0.2, 0.25) is 0 Å². The average Bonchev–Trinajstić information content (AvgIpc) is 3.11. The Morgan fingerprint density at radius 2 is 2.14 bits per heavy atom. The van der Waals surface area contributed by atoms with Crippen LogP contribution in [-0.4, -0.2) is 28.8 Å². The molecule has 1 aromatic heterocycles. The number of carbonyl (C=O) groups is 1. The number of amides is 1. The molecular weight excluding hydrogens is 288 g/mol. The molecule has 6 heteroatoms. The predicted molar refractivity (Wildman–Crippen MR) is 85.0 cm³/mol. The molecule has 3 rings (SSSR count). The van der Waals surface area contributed by atoms with Gasteiger partial charge in [0.1, 0.15) is 0 Å². The second-order valence-corrected chi connectivity index (χ2v) is 5.44. The van der Waals surface area contributed by atoms with Gasteiger partial charge in [-0.3, -0.25) is 4.79 Å². The monoisotopic (exact) mass is 306 g/mol. The van der Waals surface area contributed by atoms with Crippen molar-refractivity contribution in [3.63, 3.8) is 0 Å². The van der Waals surface area contributed by atoms with Gasteiger partial charge >= 0.3 is 0 Å². The summed E-state index contributed by atoms with van der Waals surface area (Å²) in [5.41, 5.74) is 1.49. The van der Waals surface area contributed by atoms with Crippen LogP contribution in [0.15, 0.2) is 42.7 Å². The highest BCUT2D eigenvalue weighted by molar-refractivity contribution is 5.95. The lowest BCUT2D eigenvalue weighted by Crippen LogP contribution is -2.35. The lowest BCUT2D eigenvalue weighted by molar-refractivity contribution is -0.123. The van der Waals surface area contributed by atoms with Crippen LogP contribution in [0.1, 0.15) is 13.3 Å². The molecule has 1 aliphatic rings. The summed E-state index contributed by atoms with van der Waals surface area (Å²) in [5, 5.41) is 10.4. The minimum atomic E-state index is -0.305. The van der Waals surface area contributed by atoms with Crippen LogP contribution in [0.25, 0.3) is 5.69 Å². The number of halogens is 1. The Morgan fingerprint density at radius 3 is 2.71 bits per heavy atom. The van der Waals surface area contributed by atoms with Gasteiger partial charge in [0.2, 0.25) is 5.91 Å². The molecule has 0 saturated carbocycles. The number of hydrogen-bond donors (Lipinski definition) is 2. The van der Waals surface area contributed by atoms with Gasteiger partial charge in [-0.1, -0.05) is 0 Å². The largest absolute Gasteiger partial charge is 0.326 e. The minimum Gasteiger partial charge on any atom is -0.326 e. The second-order valence-electron chi connectivity index (χ2n) is 5.44. The first kappa shape index (κ1) is 15.5. The molecule has 1 aromatic carbocycles. The van der Waals surface area contributed by atoms with E-state index in [1.54, 1.807) is 10.9 Å². The summed E-state index contributed by atoms with van der Waals surface area (Å²) in [6, 6.07) is 9.57. The Morgan fingerprint density at radius 1 is 1.38 bits per heavy atom. The smallest absolute Gasteiger partial charge is 0.231 e. The van der Waals surface area contributed by atoms with E-state index in [-0.39, 0.29) is 23.7 Å². The van der Waals surface area contributed by atoms with E-state index in [2.05, 4.69) is 15.7 Å². The van der Waals surface area contributed by atoms with E-state index in [9.17, 15) is 4.79 Å². The van der Waals surface area contributed by atoms with E-state index >= 15 is 0 Å². The quantitative estimate of drug-likeness (QED) is 0.914. The summed E-state index contributed by atoms with van der Waals surface area (Å²) in [7, 11) is 0. The fraction of sp³-hybridized carbons (Fsp3) is 0.333. The van der Waals surface area contributed by atoms with Crippen molar-refractivity contribution in [1.29, 1.82) is 0 Å². The molecule has 1 amide bonds. The maximum Gasteiger partial charge on any atom is 0.231 e. The summed E-state index contributed by atoms with van der Waals surface area (Å²) in [4.78, 5) is 12.3. The summed E-state index contributed by atoms with van der Waals surface area (Å²) in [6.07, 6.45) is 4.51. The van der Waals surface area contributed by atoms with Crippen molar-refractivity contribution in [2.75, 3.05) is 18.4 Å². The highest BCUT2D eigenvalue weighted by Gasteiger charge is 2.36. The molecule has 1 unspecified atom stereocenters. The maximum atomic E-state index is 12.3. The molecule has 2 N–H and O–H groups in total. The number of rotatable bonds is 3. The van der Waals surface area contributed by atoms with Crippen molar-refractivity contribution in [3.05, 3.63) is 42.7 Å². The summed E-state index contributed by atoms with van der Waals surface area (Å²) < 4.78 is 1.79. The molecular formula is C15H19ClN4O. The van der Waals surface area contributed by atoms with Crippen molar-refractivity contribution in [2.45, 2.75) is 13.3 Å². The number of benzene rings is 1. The molecule has 0 spiro atoms. The molecule has 1 aliphatic heterocycles. The molecule has 0 bridgehead atoms. The van der Waals surface area contributed by atoms with E-state index in [0.29, 0.717) is 0 Å². The third kappa shape index (κ3) is 3.25. The Balaban J connectivity index is 0.00000161. The van der Waals surface area contributed by atoms with E-state index in [1.165, 1.54) is 0 Å². The fourth-order valence-corrected chi connectivity index (χ4v) is 2.41. The number of nitrogens with zero attached hydrogens (tertiary/aromatic N) is 2. The maximum absolute atomic E-state index is 12.3. The number of anilines is 1. The number of hydrogen-bond acceptors (Lipinski definition) is 3. The fourth-order valence-electron chi connectivity index (χ4n) is 2.41. The van der Waals surface area contributed by atoms with Crippen molar-refractivity contribution in [2.24, 2.45) is 5.41 Å².